The van der Waals surface area contributed by atoms with Crippen LogP contribution in [0.1, 0.15) is 23.7 Å². The fraction of sp³-hybridized carbons (Fsp3) is 0.292. The standard InChI is InChI=1S/C24H28N4O3S/c1-4-28(22-15-25-16-26-22)18-10-11-19(20(14-18)17-8-6-5-7-9-17)23(29)27-21(12-13-32-3)24(30)31-2/h5-11,14-16,21H,4,12-13H2,1-3H3,(H,25,26)(H,27,29). The first-order chi connectivity index (χ1) is 15.6. The summed E-state index contributed by atoms with van der Waals surface area (Å²) in [5.41, 5.74) is 3.13. The summed E-state index contributed by atoms with van der Waals surface area (Å²) in [5, 5.41) is 2.86. The monoisotopic (exact) mass is 452 g/mol. The van der Waals surface area contributed by atoms with Crippen LogP contribution in [0.2, 0.25) is 0 Å². The van der Waals surface area contributed by atoms with Crippen molar-refractivity contribution in [1.82, 2.24) is 15.3 Å². The van der Waals surface area contributed by atoms with E-state index in [4.69, 9.17) is 4.74 Å². The Labute approximate surface area is 192 Å². The number of thioether (sulfide) groups is 1. The van der Waals surface area contributed by atoms with Gasteiger partial charge in [0.15, 0.2) is 0 Å². The fourth-order valence-corrected chi connectivity index (χ4v) is 3.98. The molecule has 0 bridgehead atoms. The van der Waals surface area contributed by atoms with Crippen molar-refractivity contribution >= 4 is 35.1 Å². The van der Waals surface area contributed by atoms with Crippen molar-refractivity contribution in [3.05, 3.63) is 66.6 Å². The molecular weight excluding hydrogens is 424 g/mol. The number of esters is 1. The lowest BCUT2D eigenvalue weighted by atomic mass is 9.97. The number of amides is 1. The van der Waals surface area contributed by atoms with E-state index in [-0.39, 0.29) is 5.91 Å². The summed E-state index contributed by atoms with van der Waals surface area (Å²) in [7, 11) is 1.33. The van der Waals surface area contributed by atoms with Gasteiger partial charge < -0.3 is 19.9 Å². The van der Waals surface area contributed by atoms with Gasteiger partial charge in [-0.15, -0.1) is 0 Å². The molecule has 3 aromatic rings. The zero-order valence-corrected chi connectivity index (χ0v) is 19.3. The molecule has 2 N–H and O–H groups in total. The van der Waals surface area contributed by atoms with E-state index >= 15 is 0 Å². The number of ether oxygens (including phenoxy) is 1. The summed E-state index contributed by atoms with van der Waals surface area (Å²) in [6.07, 6.45) is 5.86. The highest BCUT2D eigenvalue weighted by atomic mass is 32.2. The molecule has 0 spiro atoms. The molecule has 0 saturated carbocycles. The molecule has 1 amide bonds. The topological polar surface area (TPSA) is 87.3 Å². The van der Waals surface area contributed by atoms with E-state index < -0.39 is 12.0 Å². The number of benzene rings is 2. The van der Waals surface area contributed by atoms with Crippen LogP contribution < -0.4 is 10.2 Å². The fourth-order valence-electron chi connectivity index (χ4n) is 3.51. The summed E-state index contributed by atoms with van der Waals surface area (Å²) >= 11 is 1.61. The molecule has 1 unspecified atom stereocenters. The molecule has 1 atom stereocenters. The minimum atomic E-state index is -0.694. The number of carbonyl (C=O) groups excluding carboxylic acids is 2. The molecule has 168 valence electrons. The molecule has 32 heavy (non-hydrogen) atoms. The lowest BCUT2D eigenvalue weighted by molar-refractivity contribution is -0.142. The van der Waals surface area contributed by atoms with Crippen LogP contribution in [0.5, 0.6) is 0 Å². The third kappa shape index (κ3) is 5.50. The number of H-pyrrole nitrogens is 1. The summed E-state index contributed by atoms with van der Waals surface area (Å²) in [6.45, 7) is 2.78. The molecule has 0 fully saturated rings. The van der Waals surface area contributed by atoms with E-state index in [0.717, 1.165) is 34.9 Å². The van der Waals surface area contributed by atoms with Gasteiger partial charge in [0.1, 0.15) is 11.9 Å². The molecule has 2 aromatic carbocycles. The number of aromatic nitrogens is 2. The van der Waals surface area contributed by atoms with Crippen LogP contribution in [-0.4, -0.2) is 53.5 Å². The number of hydrogen-bond acceptors (Lipinski definition) is 6. The maximum atomic E-state index is 13.3. The number of methoxy groups -OCH3 is 1. The number of anilines is 2. The Morgan fingerprint density at radius 1 is 1.22 bits per heavy atom. The molecule has 0 saturated heterocycles. The van der Waals surface area contributed by atoms with Gasteiger partial charge in [0.25, 0.3) is 5.91 Å². The van der Waals surface area contributed by atoms with E-state index in [2.05, 4.69) is 27.1 Å². The Balaban J connectivity index is 1.99. The first-order valence-electron chi connectivity index (χ1n) is 10.4. The number of nitrogens with zero attached hydrogens (tertiary/aromatic N) is 2. The van der Waals surface area contributed by atoms with Gasteiger partial charge in [-0.3, -0.25) is 4.79 Å². The van der Waals surface area contributed by atoms with Crippen LogP contribution in [0.15, 0.2) is 61.1 Å². The Morgan fingerprint density at radius 2 is 2.00 bits per heavy atom. The second-order valence-electron chi connectivity index (χ2n) is 7.11. The van der Waals surface area contributed by atoms with Crippen LogP contribution in [0, 0.1) is 0 Å². The zero-order chi connectivity index (χ0) is 22.9. The number of nitrogens with one attached hydrogen (secondary N) is 2. The van der Waals surface area contributed by atoms with Crippen molar-refractivity contribution in [1.29, 1.82) is 0 Å². The van der Waals surface area contributed by atoms with Gasteiger partial charge >= 0.3 is 5.97 Å². The lowest BCUT2D eigenvalue weighted by Gasteiger charge is -2.23. The van der Waals surface area contributed by atoms with Gasteiger partial charge in [0.05, 0.1) is 19.6 Å². The van der Waals surface area contributed by atoms with E-state index in [1.807, 2.05) is 48.7 Å². The number of aromatic amines is 1. The highest BCUT2D eigenvalue weighted by Gasteiger charge is 2.24. The second-order valence-corrected chi connectivity index (χ2v) is 8.09. The van der Waals surface area contributed by atoms with Crippen LogP contribution in [-0.2, 0) is 9.53 Å². The summed E-state index contributed by atoms with van der Waals surface area (Å²) in [4.78, 5) is 34.8. The summed E-state index contributed by atoms with van der Waals surface area (Å²) < 4.78 is 4.89. The van der Waals surface area contributed by atoms with Gasteiger partial charge in [0.2, 0.25) is 0 Å². The summed E-state index contributed by atoms with van der Waals surface area (Å²) in [6, 6.07) is 14.7. The number of imidazole rings is 1. The third-order valence-electron chi connectivity index (χ3n) is 5.14. The van der Waals surface area contributed by atoms with Crippen LogP contribution in [0.4, 0.5) is 11.5 Å². The normalized spacial score (nSPS) is 11.6. The first kappa shape index (κ1) is 23.4. The van der Waals surface area contributed by atoms with Gasteiger partial charge in [0, 0.05) is 17.8 Å². The average molecular weight is 453 g/mol. The number of hydrogen-bond donors (Lipinski definition) is 2. The van der Waals surface area contributed by atoms with Crippen LogP contribution >= 0.6 is 11.8 Å². The van der Waals surface area contributed by atoms with Crippen molar-refractivity contribution < 1.29 is 14.3 Å². The Morgan fingerprint density at radius 3 is 2.62 bits per heavy atom. The molecule has 0 aliphatic rings. The Kier molecular flexibility index (Phi) is 8.33. The Hall–Kier alpha value is -3.26. The maximum absolute atomic E-state index is 13.3. The van der Waals surface area contributed by atoms with Crippen molar-refractivity contribution in [3.63, 3.8) is 0 Å². The SMILES string of the molecule is CCN(c1ccc(C(=O)NC(CCSC)C(=O)OC)c(-c2ccccc2)c1)c1cnc[nH]1. The van der Waals surface area contributed by atoms with E-state index in [0.29, 0.717) is 12.0 Å². The quantitative estimate of drug-likeness (QED) is 0.447. The molecule has 1 aromatic heterocycles. The van der Waals surface area contributed by atoms with Crippen molar-refractivity contribution in [2.45, 2.75) is 19.4 Å². The number of carbonyl (C=O) groups is 2. The highest BCUT2D eigenvalue weighted by molar-refractivity contribution is 7.98. The molecule has 0 aliphatic carbocycles. The van der Waals surface area contributed by atoms with Gasteiger partial charge in [-0.25, -0.2) is 9.78 Å². The average Bonchev–Trinajstić information content (AvgIpc) is 3.36. The molecule has 7 nitrogen and oxygen atoms in total. The number of rotatable bonds is 10. The highest BCUT2D eigenvalue weighted by Crippen LogP contribution is 2.31. The third-order valence-corrected chi connectivity index (χ3v) is 5.78. The first-order valence-corrected chi connectivity index (χ1v) is 11.8. The van der Waals surface area contributed by atoms with E-state index in [1.165, 1.54) is 7.11 Å². The van der Waals surface area contributed by atoms with E-state index in [9.17, 15) is 9.59 Å². The molecule has 3 rings (SSSR count). The Bertz CT molecular complexity index is 1020. The zero-order valence-electron chi connectivity index (χ0n) is 18.5. The van der Waals surface area contributed by atoms with Crippen LogP contribution in [0.25, 0.3) is 11.1 Å². The van der Waals surface area contributed by atoms with Crippen molar-refractivity contribution in [3.8, 4) is 11.1 Å². The smallest absolute Gasteiger partial charge is 0.328 e. The molecular formula is C24H28N4O3S. The maximum Gasteiger partial charge on any atom is 0.328 e. The second kappa shape index (κ2) is 11.4. The molecule has 0 radical (unpaired) electrons. The molecule has 0 aliphatic heterocycles. The minimum Gasteiger partial charge on any atom is -0.467 e. The van der Waals surface area contributed by atoms with Crippen molar-refractivity contribution in [2.75, 3.05) is 30.6 Å². The van der Waals surface area contributed by atoms with Crippen molar-refractivity contribution in [2.24, 2.45) is 0 Å². The van der Waals surface area contributed by atoms with Crippen LogP contribution in [0.3, 0.4) is 0 Å². The summed E-state index contributed by atoms with van der Waals surface area (Å²) in [5.74, 6) is 0.852. The van der Waals surface area contributed by atoms with Gasteiger partial charge in [-0.2, -0.15) is 11.8 Å². The lowest BCUT2D eigenvalue weighted by Crippen LogP contribution is -2.42. The van der Waals surface area contributed by atoms with Gasteiger partial charge in [-0.1, -0.05) is 30.3 Å². The van der Waals surface area contributed by atoms with E-state index in [1.54, 1.807) is 30.4 Å². The van der Waals surface area contributed by atoms with Gasteiger partial charge in [-0.05, 0) is 54.7 Å². The molecule has 1 heterocycles. The minimum absolute atomic E-state index is 0.309. The molecule has 8 heteroatoms. The predicted octanol–water partition coefficient (Wildman–Crippen LogP) is 4.26. The predicted molar refractivity (Wildman–Crippen MR) is 129 cm³/mol. The largest absolute Gasteiger partial charge is 0.467 e.